The van der Waals surface area contributed by atoms with Crippen LogP contribution in [0.2, 0.25) is 0 Å². The summed E-state index contributed by atoms with van der Waals surface area (Å²) in [4.78, 5) is 27.1. The Balaban J connectivity index is 1.96. The van der Waals surface area contributed by atoms with Crippen LogP contribution in [-0.4, -0.2) is 32.6 Å². The van der Waals surface area contributed by atoms with Gasteiger partial charge in [0, 0.05) is 13.2 Å². The first-order chi connectivity index (χ1) is 10.1. The highest BCUT2D eigenvalue weighted by Crippen LogP contribution is 2.06. The third kappa shape index (κ3) is 4.17. The number of carboxylic acids is 1. The van der Waals surface area contributed by atoms with E-state index >= 15 is 0 Å². The number of aromatic nitrogens is 2. The lowest BCUT2D eigenvalue weighted by Crippen LogP contribution is -2.41. The van der Waals surface area contributed by atoms with E-state index in [2.05, 4.69) is 10.3 Å². The van der Waals surface area contributed by atoms with Crippen molar-refractivity contribution in [2.45, 2.75) is 18.9 Å². The second kappa shape index (κ2) is 6.69. The van der Waals surface area contributed by atoms with Crippen LogP contribution in [-0.2, 0) is 18.3 Å². The van der Waals surface area contributed by atoms with Gasteiger partial charge in [-0.15, -0.1) is 0 Å². The minimum Gasteiger partial charge on any atom is -0.480 e. The molecule has 0 radical (unpaired) electrons. The molecule has 1 amide bonds. The monoisotopic (exact) mass is 287 g/mol. The number of aryl methyl sites for hydroxylation is 2. The fourth-order valence-corrected chi connectivity index (χ4v) is 1.98. The third-order valence-corrected chi connectivity index (χ3v) is 3.11. The molecule has 2 aromatic rings. The number of nitrogens with zero attached hydrogens (tertiary/aromatic N) is 2. The van der Waals surface area contributed by atoms with Gasteiger partial charge in [0.25, 0.3) is 5.91 Å². The summed E-state index contributed by atoms with van der Waals surface area (Å²) in [6.45, 7) is 0. The largest absolute Gasteiger partial charge is 0.480 e. The predicted octanol–water partition coefficient (Wildman–Crippen LogP) is 1.24. The van der Waals surface area contributed by atoms with E-state index in [1.807, 2.05) is 30.3 Å². The maximum absolute atomic E-state index is 11.9. The molecule has 0 saturated heterocycles. The molecule has 2 N–H and O–H groups in total. The van der Waals surface area contributed by atoms with E-state index in [-0.39, 0.29) is 5.69 Å². The molecule has 1 aromatic carbocycles. The molecule has 0 fully saturated rings. The SMILES string of the molecule is Cn1cnc(C(=O)N[C@@H](CCc2ccccc2)C(=O)O)c1. The van der Waals surface area contributed by atoms with Gasteiger partial charge in [-0.25, -0.2) is 9.78 Å². The van der Waals surface area contributed by atoms with E-state index < -0.39 is 17.9 Å². The molecule has 6 heteroatoms. The number of imidazole rings is 1. The Hall–Kier alpha value is -2.63. The smallest absolute Gasteiger partial charge is 0.326 e. The molecule has 0 saturated carbocycles. The van der Waals surface area contributed by atoms with Gasteiger partial charge in [-0.1, -0.05) is 30.3 Å². The topological polar surface area (TPSA) is 84.2 Å². The summed E-state index contributed by atoms with van der Waals surface area (Å²) in [5.74, 6) is -1.52. The molecular formula is C15H17N3O3. The standard InChI is InChI=1S/C15H17N3O3/c1-18-9-13(16-10-18)14(19)17-12(15(20)21)8-7-11-5-3-2-4-6-11/h2-6,9-10,12H,7-8H2,1H3,(H,17,19)(H,20,21)/t12-/m0/s1. The Labute approximate surface area is 122 Å². The highest BCUT2D eigenvalue weighted by molar-refractivity contribution is 5.94. The molecule has 1 aromatic heterocycles. The lowest BCUT2D eigenvalue weighted by Gasteiger charge is -2.13. The second-order valence-electron chi connectivity index (χ2n) is 4.81. The van der Waals surface area contributed by atoms with Crippen LogP contribution in [0.25, 0.3) is 0 Å². The number of amides is 1. The van der Waals surface area contributed by atoms with E-state index in [0.717, 1.165) is 5.56 Å². The van der Waals surface area contributed by atoms with Gasteiger partial charge in [-0.3, -0.25) is 4.79 Å². The fourth-order valence-electron chi connectivity index (χ4n) is 1.98. The van der Waals surface area contributed by atoms with Gasteiger partial charge < -0.3 is 15.0 Å². The van der Waals surface area contributed by atoms with Crippen LogP contribution in [0.5, 0.6) is 0 Å². The summed E-state index contributed by atoms with van der Waals surface area (Å²) in [7, 11) is 1.74. The number of aliphatic carboxylic acids is 1. The number of hydrogen-bond acceptors (Lipinski definition) is 3. The van der Waals surface area contributed by atoms with Gasteiger partial charge in [-0.05, 0) is 18.4 Å². The van der Waals surface area contributed by atoms with Gasteiger partial charge in [0.15, 0.2) is 0 Å². The summed E-state index contributed by atoms with van der Waals surface area (Å²) >= 11 is 0. The van der Waals surface area contributed by atoms with Crippen LogP contribution >= 0.6 is 0 Å². The minimum absolute atomic E-state index is 0.212. The normalized spacial score (nSPS) is 11.9. The lowest BCUT2D eigenvalue weighted by atomic mass is 10.1. The zero-order chi connectivity index (χ0) is 15.2. The molecular weight excluding hydrogens is 270 g/mol. The van der Waals surface area contributed by atoms with Gasteiger partial charge in [0.05, 0.1) is 6.33 Å². The first-order valence-corrected chi connectivity index (χ1v) is 6.62. The van der Waals surface area contributed by atoms with Crippen molar-refractivity contribution in [3.05, 3.63) is 54.1 Å². The van der Waals surface area contributed by atoms with Crippen molar-refractivity contribution >= 4 is 11.9 Å². The van der Waals surface area contributed by atoms with Crippen molar-refractivity contribution in [2.75, 3.05) is 0 Å². The number of nitrogens with one attached hydrogen (secondary N) is 1. The van der Waals surface area contributed by atoms with E-state index in [1.54, 1.807) is 17.8 Å². The molecule has 0 aliphatic carbocycles. The highest BCUT2D eigenvalue weighted by Gasteiger charge is 2.21. The molecule has 0 unspecified atom stereocenters. The van der Waals surface area contributed by atoms with Crippen molar-refractivity contribution in [2.24, 2.45) is 7.05 Å². The lowest BCUT2D eigenvalue weighted by molar-refractivity contribution is -0.139. The Morgan fingerprint density at radius 2 is 2.05 bits per heavy atom. The fraction of sp³-hybridized carbons (Fsp3) is 0.267. The summed E-state index contributed by atoms with van der Waals surface area (Å²) in [5, 5.41) is 11.7. The van der Waals surface area contributed by atoms with E-state index in [0.29, 0.717) is 12.8 Å². The average Bonchev–Trinajstić information content (AvgIpc) is 2.90. The van der Waals surface area contributed by atoms with Gasteiger partial charge in [0.1, 0.15) is 11.7 Å². The number of carbonyl (C=O) groups is 2. The number of benzene rings is 1. The van der Waals surface area contributed by atoms with Crippen molar-refractivity contribution in [1.82, 2.24) is 14.9 Å². The first-order valence-electron chi connectivity index (χ1n) is 6.62. The van der Waals surface area contributed by atoms with Crippen LogP contribution in [0.3, 0.4) is 0 Å². The molecule has 6 nitrogen and oxygen atoms in total. The highest BCUT2D eigenvalue weighted by atomic mass is 16.4. The number of rotatable bonds is 6. The number of hydrogen-bond donors (Lipinski definition) is 2. The molecule has 0 aliphatic heterocycles. The molecule has 0 aliphatic rings. The molecule has 1 heterocycles. The minimum atomic E-state index is -1.05. The van der Waals surface area contributed by atoms with Gasteiger partial charge >= 0.3 is 5.97 Å². The maximum atomic E-state index is 11.9. The van der Waals surface area contributed by atoms with E-state index in [9.17, 15) is 14.7 Å². The molecule has 0 spiro atoms. The van der Waals surface area contributed by atoms with Crippen LogP contribution < -0.4 is 5.32 Å². The Morgan fingerprint density at radius 3 is 2.62 bits per heavy atom. The van der Waals surface area contributed by atoms with Crippen LogP contribution in [0, 0.1) is 0 Å². The average molecular weight is 287 g/mol. The second-order valence-corrected chi connectivity index (χ2v) is 4.81. The predicted molar refractivity (Wildman–Crippen MR) is 76.9 cm³/mol. The third-order valence-electron chi connectivity index (χ3n) is 3.11. The molecule has 21 heavy (non-hydrogen) atoms. The van der Waals surface area contributed by atoms with Crippen molar-refractivity contribution < 1.29 is 14.7 Å². The quantitative estimate of drug-likeness (QED) is 0.837. The van der Waals surface area contributed by atoms with Crippen LogP contribution in [0.4, 0.5) is 0 Å². The molecule has 1 atom stereocenters. The van der Waals surface area contributed by atoms with Crippen molar-refractivity contribution in [3.63, 3.8) is 0 Å². The van der Waals surface area contributed by atoms with E-state index in [4.69, 9.17) is 0 Å². The number of carbonyl (C=O) groups excluding carboxylic acids is 1. The maximum Gasteiger partial charge on any atom is 0.326 e. The van der Waals surface area contributed by atoms with Gasteiger partial charge in [-0.2, -0.15) is 0 Å². The molecule has 2 rings (SSSR count). The van der Waals surface area contributed by atoms with Crippen LogP contribution in [0.1, 0.15) is 22.5 Å². The zero-order valence-electron chi connectivity index (χ0n) is 11.7. The van der Waals surface area contributed by atoms with Crippen LogP contribution in [0.15, 0.2) is 42.9 Å². The Bertz CT molecular complexity index is 622. The summed E-state index contributed by atoms with van der Waals surface area (Å²) in [5.41, 5.74) is 1.25. The number of carboxylic acid groups (broad SMARTS) is 1. The van der Waals surface area contributed by atoms with E-state index in [1.165, 1.54) is 6.33 Å². The molecule has 110 valence electrons. The zero-order valence-corrected chi connectivity index (χ0v) is 11.7. The summed E-state index contributed by atoms with van der Waals surface area (Å²) in [6, 6.07) is 8.63. The first kappa shape index (κ1) is 14.8. The Kier molecular flexibility index (Phi) is 4.71. The summed E-state index contributed by atoms with van der Waals surface area (Å²) < 4.78 is 1.63. The molecule has 0 bridgehead atoms. The summed E-state index contributed by atoms with van der Waals surface area (Å²) in [6.07, 6.45) is 3.96. The van der Waals surface area contributed by atoms with Crippen molar-refractivity contribution in [3.8, 4) is 0 Å². The Morgan fingerprint density at radius 1 is 1.33 bits per heavy atom. The van der Waals surface area contributed by atoms with Crippen molar-refractivity contribution in [1.29, 1.82) is 0 Å². The van der Waals surface area contributed by atoms with Gasteiger partial charge in [0.2, 0.25) is 0 Å².